The Morgan fingerprint density at radius 3 is 2.62 bits per heavy atom. The summed E-state index contributed by atoms with van der Waals surface area (Å²) in [6.45, 7) is 5.86. The van der Waals surface area contributed by atoms with Crippen molar-refractivity contribution in [1.29, 1.82) is 0 Å². The molecule has 1 saturated carbocycles. The summed E-state index contributed by atoms with van der Waals surface area (Å²) < 4.78 is 0. The number of allylic oxidation sites excluding steroid dienone is 2. The van der Waals surface area contributed by atoms with E-state index in [0.717, 1.165) is 67.5 Å². The molecule has 4 rings (SSSR count). The maximum Gasteiger partial charge on any atom is 0.158 e. The third-order valence-electron chi connectivity index (χ3n) is 5.76. The van der Waals surface area contributed by atoms with Crippen molar-refractivity contribution in [2.75, 3.05) is 20.2 Å². The zero-order chi connectivity index (χ0) is 22.1. The minimum Gasteiger partial charge on any atom is -0.662 e. The molecule has 1 aliphatic heterocycles. The minimum atomic E-state index is 0. The zero-order valence-corrected chi connectivity index (χ0v) is 22.1. The van der Waals surface area contributed by atoms with E-state index in [9.17, 15) is 0 Å². The van der Waals surface area contributed by atoms with Gasteiger partial charge in [-0.15, -0.1) is 13.1 Å². The van der Waals surface area contributed by atoms with Crippen LogP contribution >= 0.6 is 0 Å². The number of rotatable bonds is 5. The number of amidine groups is 1. The summed E-state index contributed by atoms with van der Waals surface area (Å²) in [7, 11) is 1.00. The van der Waals surface area contributed by atoms with Crippen LogP contribution in [0.15, 0.2) is 47.4 Å². The number of nitrogens with one attached hydrogen (secondary N) is 1. The van der Waals surface area contributed by atoms with E-state index in [0.29, 0.717) is 5.92 Å². The Labute approximate surface area is 205 Å². The van der Waals surface area contributed by atoms with Crippen molar-refractivity contribution in [3.05, 3.63) is 53.5 Å². The van der Waals surface area contributed by atoms with Crippen LogP contribution in [-0.4, -0.2) is 46.1 Å². The van der Waals surface area contributed by atoms with Gasteiger partial charge in [0.2, 0.25) is 0 Å². The Bertz CT molecular complexity index is 893. The summed E-state index contributed by atoms with van der Waals surface area (Å²) in [5.74, 6) is 3.34. The van der Waals surface area contributed by atoms with Gasteiger partial charge in [-0.25, -0.2) is 15.0 Å². The molecule has 2 aliphatic rings. The number of pyridine rings is 1. The number of aromatic nitrogens is 3. The van der Waals surface area contributed by atoms with Crippen molar-refractivity contribution in [2.24, 2.45) is 10.9 Å². The zero-order valence-electron chi connectivity index (χ0n) is 19.2. The number of hydrogen-bond donors (Lipinski definition) is 2. The maximum absolute atomic E-state index is 7.00. The van der Waals surface area contributed by atoms with Gasteiger partial charge in [0.05, 0.1) is 5.69 Å². The molecule has 1 atom stereocenters. The van der Waals surface area contributed by atoms with Gasteiger partial charge < -0.3 is 15.7 Å². The van der Waals surface area contributed by atoms with Gasteiger partial charge in [0.15, 0.2) is 5.82 Å². The SMILES string of the molecule is C/C=C(/C)NC(=Nc1cc(-c2cccnc2)nc(C2CCC[N-]C2)n1)C1CCC1.CO.[W]. The van der Waals surface area contributed by atoms with E-state index in [4.69, 9.17) is 20.1 Å². The molecule has 1 unspecified atom stereocenters. The molecule has 0 bridgehead atoms. The van der Waals surface area contributed by atoms with Crippen molar-refractivity contribution in [3.63, 3.8) is 0 Å². The smallest absolute Gasteiger partial charge is 0.158 e. The molecular formula is C24H33N6OW-. The van der Waals surface area contributed by atoms with Crippen LogP contribution in [0.1, 0.15) is 57.7 Å². The fourth-order valence-corrected chi connectivity index (χ4v) is 3.65. The van der Waals surface area contributed by atoms with E-state index in [-0.39, 0.29) is 27.0 Å². The van der Waals surface area contributed by atoms with Gasteiger partial charge in [-0.05, 0) is 45.2 Å². The predicted molar refractivity (Wildman–Crippen MR) is 125 cm³/mol. The predicted octanol–water partition coefficient (Wildman–Crippen LogP) is 4.74. The van der Waals surface area contributed by atoms with Crippen molar-refractivity contribution < 1.29 is 26.2 Å². The molecule has 1 saturated heterocycles. The minimum absolute atomic E-state index is 0. The molecule has 7 nitrogen and oxygen atoms in total. The Kier molecular flexibility index (Phi) is 11.1. The molecular weight excluding hydrogens is 572 g/mol. The van der Waals surface area contributed by atoms with Gasteiger partial charge in [0, 0.05) is 69.7 Å². The molecule has 8 heteroatoms. The standard InChI is InChI=1S/C23H29N6.CH4O.W/c1-3-16(2)26-22(17-7-4-8-17)28-21-13-20(18-9-5-11-24-14-18)27-23(29-21)19-10-6-12-25-15-19;1-2;/h3,5,9,11,13-14,17,19H,4,6-8,10,12,15H2,1-2H3,(H,26,27,28,29);2H,1H3;/q-1;;/b16-3-;;. The van der Waals surface area contributed by atoms with Crippen molar-refractivity contribution in [1.82, 2.24) is 20.3 Å². The van der Waals surface area contributed by atoms with Crippen LogP contribution in [0.2, 0.25) is 0 Å². The molecule has 2 N–H and O–H groups in total. The van der Waals surface area contributed by atoms with E-state index in [1.54, 1.807) is 6.20 Å². The van der Waals surface area contributed by atoms with Crippen LogP contribution < -0.4 is 5.32 Å². The first kappa shape index (κ1) is 26.3. The van der Waals surface area contributed by atoms with Crippen LogP contribution in [0.25, 0.3) is 16.6 Å². The first-order valence-corrected chi connectivity index (χ1v) is 11.1. The number of aliphatic hydroxyl groups is 1. The fourth-order valence-electron chi connectivity index (χ4n) is 3.65. The molecule has 0 spiro atoms. The molecule has 2 aromatic heterocycles. The number of aliphatic hydroxyl groups excluding tert-OH is 1. The van der Waals surface area contributed by atoms with Crippen LogP contribution in [0.5, 0.6) is 0 Å². The van der Waals surface area contributed by atoms with E-state index < -0.39 is 0 Å². The van der Waals surface area contributed by atoms with Crippen molar-refractivity contribution in [3.8, 4) is 11.3 Å². The van der Waals surface area contributed by atoms with E-state index in [1.165, 1.54) is 19.3 Å². The van der Waals surface area contributed by atoms with Gasteiger partial charge in [-0.2, -0.15) is 0 Å². The quantitative estimate of drug-likeness (QED) is 0.379. The van der Waals surface area contributed by atoms with Crippen LogP contribution in [0, 0.1) is 5.92 Å². The molecule has 1 aliphatic carbocycles. The van der Waals surface area contributed by atoms with Crippen molar-refractivity contribution in [2.45, 2.75) is 51.9 Å². The summed E-state index contributed by atoms with van der Waals surface area (Å²) in [5.41, 5.74) is 2.98. The molecule has 2 aromatic rings. The summed E-state index contributed by atoms with van der Waals surface area (Å²) >= 11 is 0. The maximum atomic E-state index is 7.00. The Morgan fingerprint density at radius 1 is 1.22 bits per heavy atom. The average molecular weight is 605 g/mol. The van der Waals surface area contributed by atoms with Gasteiger partial charge in [0.25, 0.3) is 0 Å². The van der Waals surface area contributed by atoms with Crippen molar-refractivity contribution >= 4 is 11.7 Å². The molecule has 32 heavy (non-hydrogen) atoms. The first-order valence-electron chi connectivity index (χ1n) is 11.1. The second kappa shape index (κ2) is 13.6. The molecule has 3 heterocycles. The van der Waals surface area contributed by atoms with E-state index in [1.807, 2.05) is 31.3 Å². The van der Waals surface area contributed by atoms with E-state index in [2.05, 4.69) is 28.6 Å². The summed E-state index contributed by atoms with van der Waals surface area (Å²) in [6.07, 6.45) is 11.5. The third-order valence-corrected chi connectivity index (χ3v) is 5.76. The average Bonchev–Trinajstić information content (AvgIpc) is 2.80. The second-order valence-corrected chi connectivity index (χ2v) is 7.90. The van der Waals surface area contributed by atoms with Gasteiger partial charge in [-0.3, -0.25) is 4.98 Å². The van der Waals surface area contributed by atoms with Crippen LogP contribution in [-0.2, 0) is 21.1 Å². The summed E-state index contributed by atoms with van der Waals surface area (Å²) in [5, 5.41) is 15.1. The molecule has 0 amide bonds. The first-order chi connectivity index (χ1) is 15.2. The second-order valence-electron chi connectivity index (χ2n) is 7.90. The van der Waals surface area contributed by atoms with Gasteiger partial charge in [-0.1, -0.05) is 18.9 Å². The Morgan fingerprint density at radius 2 is 2.03 bits per heavy atom. The number of nitrogens with zero attached hydrogens (tertiary/aromatic N) is 5. The van der Waals surface area contributed by atoms with Gasteiger partial charge in [0.1, 0.15) is 11.7 Å². The monoisotopic (exact) mass is 605 g/mol. The summed E-state index contributed by atoms with van der Waals surface area (Å²) in [6, 6.07) is 5.95. The van der Waals surface area contributed by atoms with E-state index >= 15 is 0 Å². The third kappa shape index (κ3) is 7.02. The molecule has 2 fully saturated rings. The topological polar surface area (TPSA) is 97.4 Å². The van der Waals surface area contributed by atoms with Crippen LogP contribution in [0.4, 0.5) is 5.82 Å². The normalized spacial score (nSPS) is 19.2. The molecule has 0 radical (unpaired) electrons. The Hall–Kier alpha value is -1.95. The largest absolute Gasteiger partial charge is 0.662 e. The van der Waals surface area contributed by atoms with Gasteiger partial charge >= 0.3 is 0 Å². The Balaban J connectivity index is 0.00000118. The molecule has 172 valence electrons. The number of hydrogen-bond acceptors (Lipinski definition) is 5. The van der Waals surface area contributed by atoms with Crippen LogP contribution in [0.3, 0.4) is 0 Å². The fraction of sp³-hybridized carbons (Fsp3) is 0.500. The number of piperidine rings is 1. The summed E-state index contributed by atoms with van der Waals surface area (Å²) in [4.78, 5) is 19.0. The number of aliphatic imine (C=N–C) groups is 1. The molecule has 0 aromatic carbocycles.